The number of aromatic hydroxyl groups is 1. The summed E-state index contributed by atoms with van der Waals surface area (Å²) >= 11 is 0. The zero-order chi connectivity index (χ0) is 19.8. The summed E-state index contributed by atoms with van der Waals surface area (Å²) in [6.07, 6.45) is 0. The van der Waals surface area contributed by atoms with Gasteiger partial charge < -0.3 is 25.0 Å². The summed E-state index contributed by atoms with van der Waals surface area (Å²) in [5, 5.41) is 13.6. The van der Waals surface area contributed by atoms with Crippen molar-refractivity contribution in [1.82, 2.24) is 10.2 Å². The number of phenols is 1. The van der Waals surface area contributed by atoms with Crippen LogP contribution in [0.2, 0.25) is 0 Å². The van der Waals surface area contributed by atoms with Gasteiger partial charge in [-0.3, -0.25) is 4.99 Å². The van der Waals surface area contributed by atoms with E-state index in [1.165, 1.54) is 11.1 Å². The van der Waals surface area contributed by atoms with Crippen LogP contribution in [0, 0.1) is 0 Å². The summed E-state index contributed by atoms with van der Waals surface area (Å²) in [6.45, 7) is 7.48. The third kappa shape index (κ3) is 4.95. The normalized spacial score (nSPS) is 15.0. The van der Waals surface area contributed by atoms with Crippen molar-refractivity contribution < 1.29 is 9.84 Å². The Bertz CT molecular complexity index is 786. The Labute approximate surface area is 167 Å². The molecule has 1 fully saturated rings. The molecule has 2 aromatic rings. The number of benzene rings is 2. The lowest BCUT2D eigenvalue weighted by molar-refractivity contribution is 0.133. The van der Waals surface area contributed by atoms with Gasteiger partial charge in [-0.05, 0) is 30.2 Å². The van der Waals surface area contributed by atoms with E-state index in [-0.39, 0.29) is 0 Å². The first-order chi connectivity index (χ1) is 13.7. The monoisotopic (exact) mass is 382 g/mol. The van der Waals surface area contributed by atoms with Gasteiger partial charge in [0.05, 0.1) is 12.3 Å². The van der Waals surface area contributed by atoms with Gasteiger partial charge in [0.2, 0.25) is 0 Å². The van der Waals surface area contributed by atoms with E-state index in [2.05, 4.69) is 38.3 Å². The molecule has 0 amide bonds. The first-order valence-corrected chi connectivity index (χ1v) is 9.86. The average molecular weight is 383 g/mol. The molecule has 2 aromatic carbocycles. The van der Waals surface area contributed by atoms with Gasteiger partial charge in [-0.25, -0.2) is 0 Å². The molecule has 1 aliphatic rings. The molecule has 6 heteroatoms. The number of hydrogen-bond acceptors (Lipinski definition) is 4. The highest BCUT2D eigenvalue weighted by atomic mass is 16.5. The van der Waals surface area contributed by atoms with Crippen molar-refractivity contribution in [3.63, 3.8) is 0 Å². The molecule has 1 saturated heterocycles. The van der Waals surface area contributed by atoms with E-state index in [0.717, 1.165) is 44.4 Å². The fourth-order valence-electron chi connectivity index (χ4n) is 3.48. The van der Waals surface area contributed by atoms with Gasteiger partial charge in [0.15, 0.2) is 5.96 Å². The predicted molar refractivity (Wildman–Crippen MR) is 114 cm³/mol. The van der Waals surface area contributed by atoms with Gasteiger partial charge in [0.25, 0.3) is 0 Å². The minimum Gasteiger partial charge on any atom is -0.506 e. The second kappa shape index (κ2) is 9.99. The summed E-state index contributed by atoms with van der Waals surface area (Å²) < 4.78 is 5.58. The molecule has 28 heavy (non-hydrogen) atoms. The Morgan fingerprint density at radius 2 is 1.71 bits per heavy atom. The molecule has 0 radical (unpaired) electrons. The van der Waals surface area contributed by atoms with Gasteiger partial charge in [-0.15, -0.1) is 0 Å². The smallest absolute Gasteiger partial charge is 0.194 e. The number of nitrogens with zero attached hydrogens (tertiary/aromatic N) is 3. The van der Waals surface area contributed by atoms with Gasteiger partial charge >= 0.3 is 0 Å². The van der Waals surface area contributed by atoms with E-state index >= 15 is 0 Å². The molecule has 0 unspecified atom stereocenters. The van der Waals surface area contributed by atoms with Crippen molar-refractivity contribution in [2.75, 3.05) is 44.7 Å². The molecule has 0 aliphatic carbocycles. The van der Waals surface area contributed by atoms with Crippen LogP contribution in [-0.2, 0) is 17.9 Å². The van der Waals surface area contributed by atoms with Crippen LogP contribution in [0.4, 0.5) is 5.69 Å². The summed E-state index contributed by atoms with van der Waals surface area (Å²) in [5.41, 5.74) is 3.33. The van der Waals surface area contributed by atoms with Gasteiger partial charge in [-0.1, -0.05) is 36.4 Å². The molecule has 6 nitrogen and oxygen atoms in total. The van der Waals surface area contributed by atoms with E-state index in [9.17, 15) is 5.11 Å². The van der Waals surface area contributed by atoms with Gasteiger partial charge in [-0.2, -0.15) is 0 Å². The number of phenolic OH excluding ortho intramolecular Hbond substituents is 1. The molecule has 150 valence electrons. The Hall–Kier alpha value is -2.73. The van der Waals surface area contributed by atoms with E-state index < -0.39 is 0 Å². The molecular formula is C22H30N4O2. The van der Waals surface area contributed by atoms with Crippen LogP contribution in [0.25, 0.3) is 0 Å². The number of nitrogens with one attached hydrogen (secondary N) is 1. The van der Waals surface area contributed by atoms with Crippen LogP contribution < -0.4 is 10.2 Å². The Kier molecular flexibility index (Phi) is 7.14. The highest BCUT2D eigenvalue weighted by molar-refractivity contribution is 5.80. The number of para-hydroxylation sites is 2. The molecule has 2 N–H and O–H groups in total. The summed E-state index contributed by atoms with van der Waals surface area (Å²) in [6, 6.07) is 15.9. The maximum absolute atomic E-state index is 10.1. The maximum atomic E-state index is 10.1. The van der Waals surface area contributed by atoms with E-state index in [4.69, 9.17) is 4.74 Å². The fraction of sp³-hybridized carbons (Fsp3) is 0.409. The fourth-order valence-corrected chi connectivity index (χ4v) is 3.48. The largest absolute Gasteiger partial charge is 0.506 e. The second-order valence-electron chi connectivity index (χ2n) is 6.77. The molecule has 1 aliphatic heterocycles. The number of rotatable bonds is 6. The average Bonchev–Trinajstić information content (AvgIpc) is 2.74. The summed E-state index contributed by atoms with van der Waals surface area (Å²) in [7, 11) is 1.82. The van der Waals surface area contributed by atoms with Crippen LogP contribution in [0.3, 0.4) is 0 Å². The molecule has 0 aromatic heterocycles. The van der Waals surface area contributed by atoms with Crippen molar-refractivity contribution in [2.24, 2.45) is 4.99 Å². The van der Waals surface area contributed by atoms with E-state index in [1.54, 1.807) is 6.07 Å². The molecule has 0 spiro atoms. The highest BCUT2D eigenvalue weighted by Crippen LogP contribution is 2.27. The Morgan fingerprint density at radius 3 is 2.39 bits per heavy atom. The lowest BCUT2D eigenvalue weighted by Crippen LogP contribution is -2.52. The Balaban J connectivity index is 1.57. The number of piperazine rings is 1. The predicted octanol–water partition coefficient (Wildman–Crippen LogP) is 2.83. The number of hydrogen-bond donors (Lipinski definition) is 2. The molecule has 0 bridgehead atoms. The first kappa shape index (κ1) is 20.0. The van der Waals surface area contributed by atoms with Gasteiger partial charge in [0.1, 0.15) is 5.75 Å². The maximum Gasteiger partial charge on any atom is 0.194 e. The van der Waals surface area contributed by atoms with Gasteiger partial charge in [0, 0.05) is 46.4 Å². The third-order valence-electron chi connectivity index (χ3n) is 5.03. The number of guanidine groups is 1. The van der Waals surface area contributed by atoms with Crippen LogP contribution in [0.5, 0.6) is 5.75 Å². The van der Waals surface area contributed by atoms with Crippen LogP contribution in [0.15, 0.2) is 53.5 Å². The topological polar surface area (TPSA) is 60.3 Å². The SMILES string of the molecule is CCOCc1ccccc1CNC(=NC)N1CCN(c2ccccc2O)CC1. The van der Waals surface area contributed by atoms with Crippen LogP contribution in [0.1, 0.15) is 18.1 Å². The Morgan fingerprint density at radius 1 is 1.04 bits per heavy atom. The quantitative estimate of drug-likeness (QED) is 0.594. The van der Waals surface area contributed by atoms with Crippen molar-refractivity contribution in [1.29, 1.82) is 0 Å². The molecular weight excluding hydrogens is 352 g/mol. The van der Waals surface area contributed by atoms with Crippen molar-refractivity contribution >= 4 is 11.6 Å². The summed E-state index contributed by atoms with van der Waals surface area (Å²) in [5.74, 6) is 1.24. The zero-order valence-corrected chi connectivity index (χ0v) is 16.8. The van der Waals surface area contributed by atoms with Crippen molar-refractivity contribution in [3.8, 4) is 5.75 Å². The minimum atomic E-state index is 0.337. The first-order valence-electron chi connectivity index (χ1n) is 9.86. The lowest BCUT2D eigenvalue weighted by atomic mass is 10.1. The highest BCUT2D eigenvalue weighted by Gasteiger charge is 2.21. The molecule has 0 saturated carbocycles. The van der Waals surface area contributed by atoms with E-state index in [0.29, 0.717) is 19.0 Å². The zero-order valence-electron chi connectivity index (χ0n) is 16.8. The molecule has 3 rings (SSSR count). The van der Waals surface area contributed by atoms with Crippen molar-refractivity contribution in [2.45, 2.75) is 20.1 Å². The van der Waals surface area contributed by atoms with Crippen LogP contribution in [-0.4, -0.2) is 55.8 Å². The summed E-state index contributed by atoms with van der Waals surface area (Å²) in [4.78, 5) is 8.95. The number of anilines is 1. The molecule has 0 atom stereocenters. The number of ether oxygens (including phenoxy) is 1. The van der Waals surface area contributed by atoms with E-state index in [1.807, 2.05) is 38.2 Å². The van der Waals surface area contributed by atoms with Crippen molar-refractivity contribution in [3.05, 3.63) is 59.7 Å². The van der Waals surface area contributed by atoms with Crippen LogP contribution >= 0.6 is 0 Å². The second-order valence-corrected chi connectivity index (χ2v) is 6.77. The standard InChI is InChI=1S/C22H30N4O2/c1-3-28-17-19-9-5-4-8-18(19)16-24-22(23-2)26-14-12-25(13-15-26)20-10-6-7-11-21(20)27/h4-11,27H,3,12-17H2,1-2H3,(H,23,24). The minimum absolute atomic E-state index is 0.337. The molecule has 1 heterocycles. The third-order valence-corrected chi connectivity index (χ3v) is 5.03. The number of aliphatic imine (C=N–C) groups is 1. The lowest BCUT2D eigenvalue weighted by Gasteiger charge is -2.37.